The average Bonchev–Trinajstić information content (AvgIpc) is 3.16. The maximum Gasteiger partial charge on any atom is 0.338 e. The van der Waals surface area contributed by atoms with Crippen molar-refractivity contribution in [3.05, 3.63) is 58.6 Å². The van der Waals surface area contributed by atoms with E-state index >= 15 is 0 Å². The number of nitrogens with zero attached hydrogens (tertiary/aromatic N) is 4. The summed E-state index contributed by atoms with van der Waals surface area (Å²) < 4.78 is 11.4. The molecule has 0 radical (unpaired) electrons. The van der Waals surface area contributed by atoms with E-state index in [1.807, 2.05) is 24.3 Å². The predicted octanol–water partition coefficient (Wildman–Crippen LogP) is 2.72. The third-order valence-electron chi connectivity index (χ3n) is 3.74. The summed E-state index contributed by atoms with van der Waals surface area (Å²) in [4.78, 5) is 12.9. The first-order chi connectivity index (χ1) is 13.5. The van der Waals surface area contributed by atoms with E-state index in [-0.39, 0.29) is 19.1 Å². The van der Waals surface area contributed by atoms with Crippen LogP contribution in [0.4, 0.5) is 0 Å². The fourth-order valence-electron chi connectivity index (χ4n) is 2.37. The number of aromatic nitrogens is 4. The lowest BCUT2D eigenvalue weighted by Crippen LogP contribution is -2.25. The van der Waals surface area contributed by atoms with Gasteiger partial charge in [0.1, 0.15) is 18.5 Å². The number of aliphatic hydroxyl groups is 1. The van der Waals surface area contributed by atoms with Crippen molar-refractivity contribution >= 4 is 21.9 Å². The molecule has 0 saturated carbocycles. The summed E-state index contributed by atoms with van der Waals surface area (Å²) in [5.41, 5.74) is 1.28. The minimum absolute atomic E-state index is 0.0495. The fourth-order valence-corrected chi connectivity index (χ4v) is 2.63. The number of aliphatic hydroxyl groups excluding tert-OH is 1. The van der Waals surface area contributed by atoms with Gasteiger partial charge in [-0.3, -0.25) is 0 Å². The summed E-state index contributed by atoms with van der Waals surface area (Å²) in [7, 11) is 0. The molecule has 1 N–H and O–H groups in total. The van der Waals surface area contributed by atoms with Gasteiger partial charge in [-0.1, -0.05) is 15.9 Å². The Labute approximate surface area is 170 Å². The largest absolute Gasteiger partial charge is 0.491 e. The molecule has 0 fully saturated rings. The van der Waals surface area contributed by atoms with E-state index < -0.39 is 6.10 Å². The molecule has 0 spiro atoms. The maximum absolute atomic E-state index is 11.6. The van der Waals surface area contributed by atoms with Gasteiger partial charge in [0.05, 0.1) is 18.7 Å². The van der Waals surface area contributed by atoms with E-state index in [0.717, 1.165) is 10.0 Å². The van der Waals surface area contributed by atoms with Crippen molar-refractivity contribution in [2.75, 3.05) is 13.2 Å². The smallest absolute Gasteiger partial charge is 0.338 e. The van der Waals surface area contributed by atoms with Crippen molar-refractivity contribution in [1.29, 1.82) is 0 Å². The van der Waals surface area contributed by atoms with E-state index in [2.05, 4.69) is 31.3 Å². The SMILES string of the molecule is CCOC(=O)c1ccc(OC[C@H](O)Cn2nnc(-c3ccc(Br)cc3)n2)cc1. The highest BCUT2D eigenvalue weighted by Gasteiger charge is 2.12. The van der Waals surface area contributed by atoms with Gasteiger partial charge in [0.2, 0.25) is 5.82 Å². The second kappa shape index (κ2) is 9.43. The van der Waals surface area contributed by atoms with Crippen LogP contribution in [-0.4, -0.2) is 50.6 Å². The lowest BCUT2D eigenvalue weighted by molar-refractivity contribution is 0.0526. The van der Waals surface area contributed by atoms with Crippen LogP contribution in [0, 0.1) is 0 Å². The maximum atomic E-state index is 11.6. The van der Waals surface area contributed by atoms with Gasteiger partial charge in [-0.2, -0.15) is 4.80 Å². The number of esters is 1. The highest BCUT2D eigenvalue weighted by molar-refractivity contribution is 9.10. The van der Waals surface area contributed by atoms with Crippen molar-refractivity contribution < 1.29 is 19.4 Å². The topological polar surface area (TPSA) is 99.4 Å². The van der Waals surface area contributed by atoms with Crippen molar-refractivity contribution in [3.8, 4) is 17.1 Å². The summed E-state index contributed by atoms with van der Waals surface area (Å²) in [5.74, 6) is 0.636. The fraction of sp³-hybridized carbons (Fsp3) is 0.263. The third kappa shape index (κ3) is 5.37. The highest BCUT2D eigenvalue weighted by atomic mass is 79.9. The van der Waals surface area contributed by atoms with Crippen LogP contribution in [0.1, 0.15) is 17.3 Å². The monoisotopic (exact) mass is 446 g/mol. The van der Waals surface area contributed by atoms with Gasteiger partial charge in [0, 0.05) is 10.0 Å². The van der Waals surface area contributed by atoms with Gasteiger partial charge in [-0.25, -0.2) is 4.79 Å². The van der Waals surface area contributed by atoms with Crippen LogP contribution in [0.25, 0.3) is 11.4 Å². The summed E-state index contributed by atoms with van der Waals surface area (Å²) in [6.45, 7) is 2.27. The van der Waals surface area contributed by atoms with Crippen LogP contribution in [-0.2, 0) is 11.3 Å². The number of hydrogen-bond acceptors (Lipinski definition) is 7. The molecule has 0 aliphatic heterocycles. The first-order valence-electron chi connectivity index (χ1n) is 8.67. The zero-order valence-corrected chi connectivity index (χ0v) is 16.7. The molecule has 3 rings (SSSR count). The molecule has 3 aromatic rings. The quantitative estimate of drug-likeness (QED) is 0.530. The minimum atomic E-state index is -0.822. The van der Waals surface area contributed by atoms with Gasteiger partial charge < -0.3 is 14.6 Å². The van der Waals surface area contributed by atoms with Crippen LogP contribution in [0.3, 0.4) is 0 Å². The molecule has 9 heteroatoms. The summed E-state index contributed by atoms with van der Waals surface area (Å²) in [5, 5.41) is 22.4. The number of halogens is 1. The van der Waals surface area contributed by atoms with Gasteiger partial charge in [0.25, 0.3) is 0 Å². The highest BCUT2D eigenvalue weighted by Crippen LogP contribution is 2.17. The Morgan fingerprint density at radius 3 is 2.57 bits per heavy atom. The zero-order chi connectivity index (χ0) is 19.9. The lowest BCUT2D eigenvalue weighted by atomic mass is 10.2. The van der Waals surface area contributed by atoms with Crippen LogP contribution in [0.15, 0.2) is 53.0 Å². The standard InChI is InChI=1S/C19H19BrN4O4/c1-2-27-19(26)14-5-9-17(10-6-14)28-12-16(25)11-24-22-18(21-23-24)13-3-7-15(20)8-4-13/h3-10,16,25H,2,11-12H2,1H3/t16-/m1/s1. The number of hydrogen-bond donors (Lipinski definition) is 1. The number of carbonyl (C=O) groups excluding carboxylic acids is 1. The molecule has 0 unspecified atom stereocenters. The molecule has 1 heterocycles. The number of ether oxygens (including phenoxy) is 2. The van der Waals surface area contributed by atoms with E-state index in [4.69, 9.17) is 9.47 Å². The molecule has 28 heavy (non-hydrogen) atoms. The number of tetrazole rings is 1. The second-order valence-corrected chi connectivity index (χ2v) is 6.80. The summed E-state index contributed by atoms with van der Waals surface area (Å²) in [6, 6.07) is 14.1. The summed E-state index contributed by atoms with van der Waals surface area (Å²) in [6.07, 6.45) is -0.822. The van der Waals surface area contributed by atoms with Crippen molar-refractivity contribution in [3.63, 3.8) is 0 Å². The molecule has 1 aromatic heterocycles. The van der Waals surface area contributed by atoms with Crippen LogP contribution < -0.4 is 4.74 Å². The van der Waals surface area contributed by atoms with Crippen molar-refractivity contribution in [2.24, 2.45) is 0 Å². The van der Waals surface area contributed by atoms with Gasteiger partial charge >= 0.3 is 5.97 Å². The molecule has 146 valence electrons. The number of carbonyl (C=O) groups is 1. The molecule has 0 saturated heterocycles. The van der Waals surface area contributed by atoms with E-state index in [0.29, 0.717) is 23.7 Å². The first kappa shape index (κ1) is 20.0. The van der Waals surface area contributed by atoms with E-state index in [1.165, 1.54) is 4.80 Å². The normalized spacial score (nSPS) is 11.8. The lowest BCUT2D eigenvalue weighted by Gasteiger charge is -2.11. The molecule has 0 aliphatic carbocycles. The number of benzene rings is 2. The predicted molar refractivity (Wildman–Crippen MR) is 105 cm³/mol. The second-order valence-electron chi connectivity index (χ2n) is 5.88. The van der Waals surface area contributed by atoms with Gasteiger partial charge in [0.15, 0.2) is 0 Å². The molecule has 8 nitrogen and oxygen atoms in total. The Morgan fingerprint density at radius 2 is 1.89 bits per heavy atom. The molecular formula is C19H19BrN4O4. The van der Waals surface area contributed by atoms with Crippen LogP contribution >= 0.6 is 15.9 Å². The molecule has 1 atom stereocenters. The van der Waals surface area contributed by atoms with Crippen LogP contribution in [0.5, 0.6) is 5.75 Å². The Morgan fingerprint density at radius 1 is 1.18 bits per heavy atom. The van der Waals surface area contributed by atoms with E-state index in [1.54, 1.807) is 31.2 Å². The van der Waals surface area contributed by atoms with Crippen molar-refractivity contribution in [2.45, 2.75) is 19.6 Å². The minimum Gasteiger partial charge on any atom is -0.491 e. The molecular weight excluding hydrogens is 428 g/mol. The van der Waals surface area contributed by atoms with Crippen molar-refractivity contribution in [1.82, 2.24) is 20.2 Å². The van der Waals surface area contributed by atoms with Gasteiger partial charge in [-0.15, -0.1) is 10.2 Å². The molecule has 2 aromatic carbocycles. The molecule has 0 aliphatic rings. The summed E-state index contributed by atoms with van der Waals surface area (Å²) >= 11 is 3.38. The number of rotatable bonds is 8. The third-order valence-corrected chi connectivity index (χ3v) is 4.27. The van der Waals surface area contributed by atoms with Gasteiger partial charge in [-0.05, 0) is 60.7 Å². The van der Waals surface area contributed by atoms with Crippen LogP contribution in [0.2, 0.25) is 0 Å². The Bertz CT molecular complexity index is 912. The Hall–Kier alpha value is -2.78. The average molecular weight is 447 g/mol. The molecule has 0 bridgehead atoms. The Balaban J connectivity index is 1.51. The molecule has 0 amide bonds. The zero-order valence-electron chi connectivity index (χ0n) is 15.2. The van der Waals surface area contributed by atoms with E-state index in [9.17, 15) is 9.90 Å². The Kier molecular flexibility index (Phi) is 6.72. The first-order valence-corrected chi connectivity index (χ1v) is 9.46.